The average molecular weight is 1620 g/mol. The normalized spacial score (nSPS) is 12.0. The highest BCUT2D eigenvalue weighted by Crippen LogP contribution is 2.34. The molecule has 0 fully saturated rings. The zero-order valence-corrected chi connectivity index (χ0v) is 60.0. The molecule has 0 unspecified atom stereocenters. The van der Waals surface area contributed by atoms with Gasteiger partial charge < -0.3 is 77.3 Å². The molecule has 0 bridgehead atoms. The monoisotopic (exact) mass is 1620 g/mol. The molecule has 5 rings (SSSR count). The summed E-state index contributed by atoms with van der Waals surface area (Å²) in [5.41, 5.74) is 28.0. The Morgan fingerprint density at radius 1 is 0.348 bits per heavy atom. The second kappa shape index (κ2) is 59.5. The summed E-state index contributed by atoms with van der Waals surface area (Å²) in [6.07, 6.45) is -14.2. The van der Waals surface area contributed by atoms with Crippen molar-refractivity contribution >= 4 is 46.8 Å². The lowest BCUT2D eigenvalue weighted by molar-refractivity contribution is -0.141. The number of aliphatic hydroxyl groups excluding tert-OH is 1. The first-order chi connectivity index (χ1) is 51.7. The number of oxime groups is 5. The molecule has 37 heteroatoms. The molecule has 0 radical (unpaired) electrons. The highest BCUT2D eigenvalue weighted by Gasteiger charge is 2.34. The molecule has 22 nitrogen and oxygen atoms in total. The first kappa shape index (κ1) is 107. The zero-order valence-electron chi connectivity index (χ0n) is 60.0. The van der Waals surface area contributed by atoms with E-state index in [0.717, 1.165) is 79.8 Å². The minimum atomic E-state index is -4.41. The van der Waals surface area contributed by atoms with Gasteiger partial charge >= 0.3 is 42.8 Å². The van der Waals surface area contributed by atoms with E-state index in [2.05, 4.69) is 30.5 Å². The van der Waals surface area contributed by atoms with Crippen LogP contribution in [0, 0.1) is 0 Å². The molecule has 0 atom stereocenters. The van der Waals surface area contributed by atoms with Crippen molar-refractivity contribution in [2.45, 2.75) is 149 Å². The van der Waals surface area contributed by atoms with Crippen molar-refractivity contribution in [1.29, 1.82) is 0 Å². The second-order valence-electron chi connectivity index (χ2n) is 22.5. The number of nitrogens with two attached hydrogens (primary N) is 5. The lowest BCUT2D eigenvalue weighted by atomic mass is 10.0. The average Bonchev–Trinajstić information content (AvgIpc) is 0.872. The van der Waals surface area contributed by atoms with Gasteiger partial charge in [-0.05, 0) is 166 Å². The van der Waals surface area contributed by atoms with Crippen LogP contribution in [-0.4, -0.2) is 150 Å². The van der Waals surface area contributed by atoms with Crippen LogP contribution in [0.25, 0.3) is 0 Å². The van der Waals surface area contributed by atoms with Gasteiger partial charge in [-0.1, -0.05) is 109 Å². The quantitative estimate of drug-likeness (QED) is 0.00477. The number of ether oxygens (including phenoxy) is 2. The zero-order chi connectivity index (χ0) is 81.7. The van der Waals surface area contributed by atoms with Crippen LogP contribution in [0.15, 0.2) is 147 Å². The molecule has 0 spiro atoms. The molecule has 0 aromatic heterocycles. The number of methoxy groups -OCH3 is 2. The molecule has 112 heavy (non-hydrogen) atoms. The Morgan fingerprint density at radius 2 is 0.580 bits per heavy atom. The van der Waals surface area contributed by atoms with Gasteiger partial charge in [0.1, 0.15) is 39.3 Å². The molecule has 5 aromatic carbocycles. The predicted octanol–water partition coefficient (Wildman–Crippen LogP) is 15.8. The van der Waals surface area contributed by atoms with Gasteiger partial charge in [-0.25, -0.2) is 0 Å². The number of benzene rings is 5. The van der Waals surface area contributed by atoms with Crippen molar-refractivity contribution in [2.75, 3.05) is 93.2 Å². The minimum absolute atomic E-state index is 0. The third-order valence-corrected chi connectivity index (χ3v) is 14.0. The maximum Gasteiger partial charge on any atom is 0.416 e. The van der Waals surface area contributed by atoms with Gasteiger partial charge in [0.05, 0.1) is 63.5 Å². The van der Waals surface area contributed by atoms with Gasteiger partial charge in [0.2, 0.25) is 0 Å². The van der Waals surface area contributed by atoms with Gasteiger partial charge in [-0.15, -0.1) is 0 Å². The number of alkyl halides is 15. The molecule has 5 aromatic rings. The molecular weight excluding hydrogens is 1520 g/mol. The maximum atomic E-state index is 12.6. The number of hydrogen-bond acceptors (Lipinski definition) is 21. The van der Waals surface area contributed by atoms with Gasteiger partial charge in [-0.3, -0.25) is 9.59 Å². The highest BCUT2D eigenvalue weighted by atomic mass is 19.4. The fourth-order valence-corrected chi connectivity index (χ4v) is 8.56. The van der Waals surface area contributed by atoms with E-state index in [1.165, 1.54) is 67.8 Å². The maximum absolute atomic E-state index is 12.6. The van der Waals surface area contributed by atoms with Crippen molar-refractivity contribution in [3.05, 3.63) is 177 Å². The third kappa shape index (κ3) is 47.2. The fourth-order valence-electron chi connectivity index (χ4n) is 8.56. The topological polar surface area (TPSA) is 348 Å². The van der Waals surface area contributed by atoms with E-state index in [9.17, 15) is 80.2 Å². The Hall–Kier alpha value is -9.27. The summed E-state index contributed by atoms with van der Waals surface area (Å²) in [4.78, 5) is 57.0. The standard InChI is InChI=1S/C15H19F3N2O3.C15H21F3N2O2.C14H17F3N2O3.C14H19F3N2O2.C14H17F3N2O2.3CH4/c1-22-14(21)4-2-3-13(20-23-10-9-19)11-5-7-12(8-6-11)15(16,17)18;1-21-10-3-2-4-14(20-22-11-9-19)12-5-7-13(8-6-12)15(16,17)18;15-14(16,17)11-6-4-10(5-7-11)12(19-22-9-8-18)2-1-3-13(20)21;2*15-14(16,17)12-6-4-11(5-7-12)13(3-1-2-9-20)19-21-10-8-18;;;/h5-8H,2-4,9-10,19H2,1H3;5-8H,2-4,9-11,19H2,1H3;4-7H,1-3,8-9,18H2,(H,20,21);4-7,20H,1-3,8-10,18H2;4-7,9H,1-3,8,10,18H2;3*1H4/b20-13+;20-14+;19-12+;2*19-13+;;;. The van der Waals surface area contributed by atoms with Crippen LogP contribution in [0.1, 0.15) is 174 Å². The Kier molecular flexibility index (Phi) is 56.8. The van der Waals surface area contributed by atoms with E-state index in [1.807, 2.05) is 0 Å². The van der Waals surface area contributed by atoms with E-state index < -0.39 is 64.7 Å². The number of carboxylic acid groups (broad SMARTS) is 1. The van der Waals surface area contributed by atoms with Crippen LogP contribution in [0.3, 0.4) is 0 Å². The van der Waals surface area contributed by atoms with Crippen LogP contribution in [0.5, 0.6) is 0 Å². The smallest absolute Gasteiger partial charge is 0.416 e. The molecule has 0 saturated heterocycles. The summed E-state index contributed by atoms with van der Waals surface area (Å²) >= 11 is 0. The Balaban J connectivity index is -0.00000132. The van der Waals surface area contributed by atoms with Gasteiger partial charge in [0.15, 0.2) is 0 Å². The number of aliphatic carboxylic acids is 1. The largest absolute Gasteiger partial charge is 0.481 e. The highest BCUT2D eigenvalue weighted by molar-refractivity contribution is 6.02. The predicted molar refractivity (Wildman–Crippen MR) is 399 cm³/mol. The molecule has 0 aliphatic heterocycles. The molecule has 0 saturated carbocycles. The van der Waals surface area contributed by atoms with Crippen molar-refractivity contribution in [3.63, 3.8) is 0 Å². The SMILES string of the molecule is C.C.C.COC(=O)CCC/C(=N\OCCN)c1ccc(C(F)(F)F)cc1.COCCCC/C(=N\OCCN)c1ccc(C(F)(F)F)cc1.NCCO/N=C(\CCCC(=O)O)c1ccc(C(F)(F)F)cc1.NCCO/N=C(\CCCC=O)c1ccc(C(F)(F)F)cc1.NCCO/N=C(\CCCCO)c1ccc(C(F)(F)F)cc1. The van der Waals surface area contributed by atoms with Crippen LogP contribution in [0.4, 0.5) is 65.9 Å². The number of unbranched alkanes of at least 4 members (excludes halogenated alkanes) is 3. The molecule has 0 heterocycles. The first-order valence-corrected chi connectivity index (χ1v) is 33.8. The van der Waals surface area contributed by atoms with Gasteiger partial charge in [0, 0.05) is 72.3 Å². The lowest BCUT2D eigenvalue weighted by Crippen LogP contribution is -2.10. The minimum Gasteiger partial charge on any atom is -0.481 e. The fraction of sp³-hybridized carbons (Fsp3) is 0.493. The Labute approximate surface area is 642 Å². The number of carbonyl (C=O) groups excluding carboxylic acids is 2. The molecule has 0 aliphatic rings. The summed E-state index contributed by atoms with van der Waals surface area (Å²) < 4.78 is 198. The van der Waals surface area contributed by atoms with Crippen molar-refractivity contribution in [3.8, 4) is 0 Å². The van der Waals surface area contributed by atoms with Crippen molar-refractivity contribution in [2.24, 2.45) is 54.4 Å². The van der Waals surface area contributed by atoms with Crippen LogP contribution >= 0.6 is 0 Å². The van der Waals surface area contributed by atoms with Crippen LogP contribution < -0.4 is 28.7 Å². The van der Waals surface area contributed by atoms with Gasteiger partial charge in [0.25, 0.3) is 0 Å². The number of rotatable bonds is 41. The molecule has 12 N–H and O–H groups in total. The second-order valence-corrected chi connectivity index (χ2v) is 22.5. The number of carboxylic acids is 1. The number of nitrogens with zero attached hydrogens (tertiary/aromatic N) is 5. The van der Waals surface area contributed by atoms with E-state index in [1.54, 1.807) is 7.11 Å². The molecular formula is C75H105F15N10O12. The number of carbonyl (C=O) groups is 3. The Morgan fingerprint density at radius 3 is 0.786 bits per heavy atom. The van der Waals surface area contributed by atoms with E-state index >= 15 is 0 Å². The van der Waals surface area contributed by atoms with Crippen molar-refractivity contribution in [1.82, 2.24) is 0 Å². The Bertz CT molecular complexity index is 3470. The summed E-state index contributed by atoms with van der Waals surface area (Å²) in [5, 5.41) is 36.9. The van der Waals surface area contributed by atoms with E-state index in [-0.39, 0.29) is 107 Å². The number of hydrogen-bond donors (Lipinski definition) is 7. The van der Waals surface area contributed by atoms with Crippen LogP contribution in [0.2, 0.25) is 0 Å². The van der Waals surface area contributed by atoms with E-state index in [4.69, 9.17) is 67.8 Å². The molecule has 0 amide bonds. The molecule has 0 aliphatic carbocycles. The van der Waals surface area contributed by atoms with Gasteiger partial charge in [-0.2, -0.15) is 65.9 Å². The number of esters is 1. The number of halogens is 15. The first-order valence-electron chi connectivity index (χ1n) is 33.8. The van der Waals surface area contributed by atoms with Crippen LogP contribution in [-0.2, 0) is 78.9 Å². The summed E-state index contributed by atoms with van der Waals surface area (Å²) in [6, 6.07) is 23.4. The number of aldehydes is 1. The summed E-state index contributed by atoms with van der Waals surface area (Å²) in [7, 11) is 2.91. The molecule has 632 valence electrons. The lowest BCUT2D eigenvalue weighted by Gasteiger charge is -2.10. The summed E-state index contributed by atoms with van der Waals surface area (Å²) in [6.45, 7) is 3.22. The third-order valence-electron chi connectivity index (χ3n) is 14.0. The van der Waals surface area contributed by atoms with E-state index in [0.29, 0.717) is 140 Å². The number of aliphatic hydroxyl groups is 1. The summed E-state index contributed by atoms with van der Waals surface area (Å²) in [5.74, 6) is -1.31. The van der Waals surface area contributed by atoms with Crippen molar-refractivity contribution < 1.29 is 124 Å².